The van der Waals surface area contributed by atoms with Crippen LogP contribution in [0.15, 0.2) is 82.6 Å². The van der Waals surface area contributed by atoms with Crippen molar-refractivity contribution in [2.75, 3.05) is 10.2 Å². The number of phenols is 1. The highest BCUT2D eigenvalue weighted by Gasteiger charge is 2.56. The molecule has 3 heterocycles. The lowest BCUT2D eigenvalue weighted by atomic mass is 9.83. The number of imide groups is 1. The molecule has 3 atom stereocenters. The molecule has 0 bridgehead atoms. The molecule has 4 aromatic rings. The monoisotopic (exact) mass is 575 g/mol. The molecule has 1 aromatic heterocycles. The maximum absolute atomic E-state index is 13.9. The van der Waals surface area contributed by atoms with Crippen molar-refractivity contribution in [3.05, 3.63) is 104 Å². The molecule has 8 nitrogen and oxygen atoms in total. The number of anilines is 2. The second kappa shape index (κ2) is 10.1. The number of rotatable bonds is 5. The second-order valence-corrected chi connectivity index (χ2v) is 11.8. The minimum Gasteiger partial charge on any atom is -0.508 e. The van der Waals surface area contributed by atoms with E-state index in [1.165, 1.54) is 45.9 Å². The first-order valence-electron chi connectivity index (χ1n) is 12.4. The van der Waals surface area contributed by atoms with Crippen molar-refractivity contribution in [2.45, 2.75) is 29.7 Å². The Morgan fingerprint density at radius 1 is 0.950 bits per heavy atom. The Kier molecular flexibility index (Phi) is 6.55. The number of amides is 3. The Hall–Kier alpha value is -4.22. The van der Waals surface area contributed by atoms with Crippen molar-refractivity contribution in [3.8, 4) is 5.75 Å². The molecule has 6 rings (SSSR count). The van der Waals surface area contributed by atoms with Crippen LogP contribution in [0.5, 0.6) is 5.75 Å². The van der Waals surface area contributed by atoms with Crippen LogP contribution in [0, 0.1) is 18.7 Å². The van der Waals surface area contributed by atoms with E-state index in [9.17, 15) is 28.7 Å². The van der Waals surface area contributed by atoms with E-state index in [1.807, 2.05) is 19.1 Å². The topological polar surface area (TPSA) is 109 Å². The number of fused-ring (bicyclic) bond motifs is 2. The lowest BCUT2D eigenvalue weighted by Crippen LogP contribution is -2.33. The van der Waals surface area contributed by atoms with Gasteiger partial charge >= 0.3 is 4.87 Å². The number of phenolic OH excluding ortho intramolecular Hbond substituents is 1. The lowest BCUT2D eigenvalue weighted by Gasteiger charge is -2.30. The average Bonchev–Trinajstić information content (AvgIpc) is 3.37. The fourth-order valence-electron chi connectivity index (χ4n) is 5.12. The van der Waals surface area contributed by atoms with Gasteiger partial charge in [0.25, 0.3) is 0 Å². The van der Waals surface area contributed by atoms with Gasteiger partial charge in [-0.15, -0.1) is 0 Å². The third kappa shape index (κ3) is 4.50. The number of nitrogens with zero attached hydrogens (tertiary/aromatic N) is 2. The lowest BCUT2D eigenvalue weighted by molar-refractivity contribution is -0.122. The molecule has 0 spiro atoms. The molecule has 3 amide bonds. The van der Waals surface area contributed by atoms with Gasteiger partial charge < -0.3 is 10.4 Å². The van der Waals surface area contributed by atoms with E-state index < -0.39 is 33.7 Å². The van der Waals surface area contributed by atoms with Crippen LogP contribution >= 0.6 is 23.1 Å². The molecule has 1 saturated heterocycles. The summed E-state index contributed by atoms with van der Waals surface area (Å²) in [6, 6.07) is 18.8. The molecular weight excluding hydrogens is 553 g/mol. The molecule has 11 heteroatoms. The normalized spacial score (nSPS) is 19.9. The van der Waals surface area contributed by atoms with E-state index >= 15 is 0 Å². The number of carbonyl (C=O) groups is 3. The standard InChI is InChI=1S/C29H22FN3O5S2/c1-15-2-10-19(11-3-15)33-26(36)23-22(16-4-12-20(34)13-5-16)25-28(39-24(23)27(33)37)32(29(38)40-25)14-21(35)31-18-8-6-17(30)7-9-18/h2-13,22-24,34H,14H2,1H3,(H,31,35)/t22-,23?,24?/m0/s1. The SMILES string of the molecule is Cc1ccc(N2C(=O)C3Sc4c(sc(=O)n4CC(=O)Nc4ccc(F)cc4)[C@@H](c4ccc(O)cc4)C3C2=O)cc1. The number of carbonyl (C=O) groups excluding carboxylic acids is 3. The Bertz CT molecular complexity index is 1700. The number of thioether (sulfide) groups is 1. The molecule has 0 radical (unpaired) electrons. The average molecular weight is 576 g/mol. The Morgan fingerprint density at radius 3 is 2.30 bits per heavy atom. The number of aryl methyl sites for hydroxylation is 1. The van der Waals surface area contributed by atoms with Crippen LogP contribution in [0.3, 0.4) is 0 Å². The Labute approximate surface area is 236 Å². The number of hydrogen-bond donors (Lipinski definition) is 2. The zero-order valence-corrected chi connectivity index (χ0v) is 22.7. The largest absolute Gasteiger partial charge is 0.508 e. The number of aromatic nitrogens is 1. The molecule has 40 heavy (non-hydrogen) atoms. The van der Waals surface area contributed by atoms with Crippen LogP contribution < -0.4 is 15.1 Å². The van der Waals surface area contributed by atoms with Crippen LogP contribution in [0.4, 0.5) is 15.8 Å². The van der Waals surface area contributed by atoms with Gasteiger partial charge in [-0.3, -0.25) is 23.7 Å². The van der Waals surface area contributed by atoms with E-state index in [4.69, 9.17) is 0 Å². The quantitative estimate of drug-likeness (QED) is 0.340. The summed E-state index contributed by atoms with van der Waals surface area (Å²) >= 11 is 2.06. The Balaban J connectivity index is 1.40. The summed E-state index contributed by atoms with van der Waals surface area (Å²) < 4.78 is 14.6. The van der Waals surface area contributed by atoms with Gasteiger partial charge in [-0.05, 0) is 61.0 Å². The minimum absolute atomic E-state index is 0.0454. The molecule has 0 aliphatic carbocycles. The Morgan fingerprint density at radius 2 is 1.62 bits per heavy atom. The van der Waals surface area contributed by atoms with Gasteiger partial charge in [-0.25, -0.2) is 9.29 Å². The molecular formula is C29H22FN3O5S2. The van der Waals surface area contributed by atoms with Crippen LogP contribution in [-0.2, 0) is 20.9 Å². The van der Waals surface area contributed by atoms with Gasteiger partial charge in [-0.2, -0.15) is 0 Å². The molecule has 2 aliphatic rings. The van der Waals surface area contributed by atoms with E-state index in [-0.39, 0.29) is 24.1 Å². The van der Waals surface area contributed by atoms with Crippen molar-refractivity contribution in [1.29, 1.82) is 0 Å². The van der Waals surface area contributed by atoms with Gasteiger partial charge in [0.15, 0.2) is 0 Å². The van der Waals surface area contributed by atoms with E-state index in [0.29, 0.717) is 26.8 Å². The third-order valence-corrected chi connectivity index (χ3v) is 9.63. The molecule has 2 unspecified atom stereocenters. The van der Waals surface area contributed by atoms with Gasteiger partial charge in [0.1, 0.15) is 23.4 Å². The fraction of sp³-hybridized carbons (Fsp3) is 0.172. The van der Waals surface area contributed by atoms with Crippen LogP contribution in [0.25, 0.3) is 0 Å². The molecule has 0 saturated carbocycles. The van der Waals surface area contributed by atoms with Crippen molar-refractivity contribution in [2.24, 2.45) is 5.92 Å². The van der Waals surface area contributed by atoms with Crippen molar-refractivity contribution in [3.63, 3.8) is 0 Å². The third-order valence-electron chi connectivity index (χ3n) is 7.02. The first kappa shape index (κ1) is 26.0. The number of hydrogen-bond acceptors (Lipinski definition) is 7. The van der Waals surface area contributed by atoms with Crippen LogP contribution in [0.2, 0.25) is 0 Å². The highest BCUT2D eigenvalue weighted by atomic mass is 32.2. The molecule has 2 N–H and O–H groups in total. The van der Waals surface area contributed by atoms with Gasteiger partial charge in [0.2, 0.25) is 17.7 Å². The maximum Gasteiger partial charge on any atom is 0.308 e. The summed E-state index contributed by atoms with van der Waals surface area (Å²) in [5.74, 6) is -3.06. The molecule has 2 aliphatic heterocycles. The summed E-state index contributed by atoms with van der Waals surface area (Å²) in [7, 11) is 0. The predicted molar refractivity (Wildman–Crippen MR) is 150 cm³/mol. The van der Waals surface area contributed by atoms with Gasteiger partial charge in [-0.1, -0.05) is 52.9 Å². The molecule has 202 valence electrons. The zero-order valence-electron chi connectivity index (χ0n) is 21.0. The van der Waals surface area contributed by atoms with Crippen molar-refractivity contribution >= 4 is 52.2 Å². The summed E-state index contributed by atoms with van der Waals surface area (Å²) in [5, 5.41) is 12.2. The fourth-order valence-corrected chi connectivity index (χ4v) is 7.89. The second-order valence-electron chi connectivity index (χ2n) is 9.66. The van der Waals surface area contributed by atoms with Crippen LogP contribution in [0.1, 0.15) is 21.9 Å². The summed E-state index contributed by atoms with van der Waals surface area (Å²) in [4.78, 5) is 55.1. The van der Waals surface area contributed by atoms with E-state index in [1.54, 1.807) is 24.3 Å². The number of nitrogens with one attached hydrogen (secondary N) is 1. The summed E-state index contributed by atoms with van der Waals surface area (Å²) in [6.07, 6.45) is 0. The molecule has 3 aromatic carbocycles. The molecule has 1 fully saturated rings. The van der Waals surface area contributed by atoms with Crippen LogP contribution in [-0.4, -0.2) is 32.6 Å². The highest BCUT2D eigenvalue weighted by molar-refractivity contribution is 8.00. The van der Waals surface area contributed by atoms with Gasteiger partial charge in [0.05, 0.1) is 16.6 Å². The van der Waals surface area contributed by atoms with Crippen molar-refractivity contribution < 1.29 is 23.9 Å². The highest BCUT2D eigenvalue weighted by Crippen LogP contribution is 2.54. The summed E-state index contributed by atoms with van der Waals surface area (Å²) in [6.45, 7) is 1.59. The minimum atomic E-state index is -0.819. The van der Waals surface area contributed by atoms with E-state index in [0.717, 1.165) is 28.7 Å². The predicted octanol–water partition coefficient (Wildman–Crippen LogP) is 4.50. The number of aromatic hydroxyl groups is 1. The first-order chi connectivity index (χ1) is 19.2. The first-order valence-corrected chi connectivity index (χ1v) is 14.1. The zero-order chi connectivity index (χ0) is 28.1. The summed E-state index contributed by atoms with van der Waals surface area (Å²) in [5.41, 5.74) is 2.51. The number of benzene rings is 3. The van der Waals surface area contributed by atoms with Gasteiger partial charge in [0, 0.05) is 16.5 Å². The van der Waals surface area contributed by atoms with E-state index in [2.05, 4.69) is 5.32 Å². The maximum atomic E-state index is 13.9. The van der Waals surface area contributed by atoms with Crippen molar-refractivity contribution in [1.82, 2.24) is 4.57 Å². The number of halogens is 1. The smallest absolute Gasteiger partial charge is 0.308 e. The number of thiazole rings is 1.